The van der Waals surface area contributed by atoms with Gasteiger partial charge in [-0.15, -0.1) is 0 Å². The standard InChI is InChI=1S/C12H25NO2/c1-11(2)13-8-4-6-10-15-12-7-3-5-9-14-12/h11-13H,3-10H2,1-2H3. The second-order valence-corrected chi connectivity index (χ2v) is 4.48. The molecule has 1 heterocycles. The molecule has 0 aliphatic carbocycles. The monoisotopic (exact) mass is 215 g/mol. The highest BCUT2D eigenvalue weighted by Gasteiger charge is 2.13. The lowest BCUT2D eigenvalue weighted by Gasteiger charge is -2.22. The molecular weight excluding hydrogens is 190 g/mol. The van der Waals surface area contributed by atoms with E-state index in [1.807, 2.05) is 0 Å². The number of hydrogen-bond donors (Lipinski definition) is 1. The third kappa shape index (κ3) is 6.88. The molecule has 1 rings (SSSR count). The number of unbranched alkanes of at least 4 members (excludes halogenated alkanes) is 1. The fourth-order valence-corrected chi connectivity index (χ4v) is 1.68. The van der Waals surface area contributed by atoms with Crippen LogP contribution in [0, 0.1) is 0 Å². The predicted molar refractivity (Wildman–Crippen MR) is 61.9 cm³/mol. The van der Waals surface area contributed by atoms with Gasteiger partial charge in [0.1, 0.15) is 0 Å². The first kappa shape index (κ1) is 12.9. The van der Waals surface area contributed by atoms with Crippen molar-refractivity contribution >= 4 is 0 Å². The van der Waals surface area contributed by atoms with Crippen molar-refractivity contribution in [2.24, 2.45) is 0 Å². The van der Waals surface area contributed by atoms with E-state index in [1.54, 1.807) is 0 Å². The van der Waals surface area contributed by atoms with Gasteiger partial charge in [-0.3, -0.25) is 0 Å². The molecule has 15 heavy (non-hydrogen) atoms. The van der Waals surface area contributed by atoms with Gasteiger partial charge in [0.2, 0.25) is 0 Å². The van der Waals surface area contributed by atoms with Gasteiger partial charge in [0, 0.05) is 19.3 Å². The Morgan fingerprint density at radius 1 is 1.33 bits per heavy atom. The van der Waals surface area contributed by atoms with Gasteiger partial charge < -0.3 is 14.8 Å². The lowest BCUT2D eigenvalue weighted by Crippen LogP contribution is -2.25. The van der Waals surface area contributed by atoms with Crippen LogP contribution in [0.5, 0.6) is 0 Å². The number of nitrogens with one attached hydrogen (secondary N) is 1. The van der Waals surface area contributed by atoms with Gasteiger partial charge >= 0.3 is 0 Å². The summed E-state index contributed by atoms with van der Waals surface area (Å²) in [5, 5.41) is 3.40. The molecule has 0 saturated carbocycles. The van der Waals surface area contributed by atoms with Crippen molar-refractivity contribution in [1.29, 1.82) is 0 Å². The summed E-state index contributed by atoms with van der Waals surface area (Å²) in [6.07, 6.45) is 5.91. The van der Waals surface area contributed by atoms with Gasteiger partial charge in [-0.25, -0.2) is 0 Å². The van der Waals surface area contributed by atoms with Crippen LogP contribution in [0.1, 0.15) is 46.0 Å². The van der Waals surface area contributed by atoms with E-state index in [9.17, 15) is 0 Å². The molecule has 0 bridgehead atoms. The van der Waals surface area contributed by atoms with Crippen LogP contribution in [-0.4, -0.2) is 32.1 Å². The van der Waals surface area contributed by atoms with Crippen molar-refractivity contribution in [3.05, 3.63) is 0 Å². The Morgan fingerprint density at radius 2 is 2.20 bits per heavy atom. The van der Waals surface area contributed by atoms with Crippen molar-refractivity contribution in [2.75, 3.05) is 19.8 Å². The first-order valence-corrected chi connectivity index (χ1v) is 6.25. The van der Waals surface area contributed by atoms with Crippen molar-refractivity contribution < 1.29 is 9.47 Å². The quantitative estimate of drug-likeness (QED) is 0.661. The van der Waals surface area contributed by atoms with Crippen LogP contribution in [-0.2, 0) is 9.47 Å². The van der Waals surface area contributed by atoms with Gasteiger partial charge in [0.25, 0.3) is 0 Å². The Labute approximate surface area is 93.5 Å². The average Bonchev–Trinajstić information content (AvgIpc) is 2.24. The molecule has 3 nitrogen and oxygen atoms in total. The zero-order chi connectivity index (χ0) is 10.9. The maximum Gasteiger partial charge on any atom is 0.157 e. The smallest absolute Gasteiger partial charge is 0.157 e. The molecule has 0 radical (unpaired) electrons. The second-order valence-electron chi connectivity index (χ2n) is 4.48. The molecule has 3 heteroatoms. The van der Waals surface area contributed by atoms with E-state index in [-0.39, 0.29) is 6.29 Å². The fourth-order valence-electron chi connectivity index (χ4n) is 1.68. The highest BCUT2D eigenvalue weighted by molar-refractivity contribution is 4.55. The molecule has 1 unspecified atom stereocenters. The van der Waals surface area contributed by atoms with E-state index in [0.717, 1.165) is 32.6 Å². The molecule has 0 spiro atoms. The Morgan fingerprint density at radius 3 is 2.87 bits per heavy atom. The van der Waals surface area contributed by atoms with Gasteiger partial charge in [0.05, 0.1) is 0 Å². The van der Waals surface area contributed by atoms with Crippen LogP contribution in [0.15, 0.2) is 0 Å². The molecule has 0 aromatic rings. The van der Waals surface area contributed by atoms with Crippen LogP contribution < -0.4 is 5.32 Å². The first-order valence-electron chi connectivity index (χ1n) is 6.25. The second kappa shape index (κ2) is 8.08. The van der Waals surface area contributed by atoms with Crippen LogP contribution in [0.25, 0.3) is 0 Å². The summed E-state index contributed by atoms with van der Waals surface area (Å²) < 4.78 is 11.1. The normalized spacial score (nSPS) is 22.2. The van der Waals surface area contributed by atoms with Gasteiger partial charge in [0.15, 0.2) is 6.29 Å². The van der Waals surface area contributed by atoms with Crippen LogP contribution in [0.3, 0.4) is 0 Å². The van der Waals surface area contributed by atoms with E-state index in [2.05, 4.69) is 19.2 Å². The molecule has 1 N–H and O–H groups in total. The molecule has 1 aliphatic rings. The molecule has 0 aromatic heterocycles. The summed E-state index contributed by atoms with van der Waals surface area (Å²) in [5.74, 6) is 0. The van der Waals surface area contributed by atoms with Gasteiger partial charge in [-0.1, -0.05) is 13.8 Å². The average molecular weight is 215 g/mol. The van der Waals surface area contributed by atoms with E-state index < -0.39 is 0 Å². The van der Waals surface area contributed by atoms with Crippen LogP contribution in [0.2, 0.25) is 0 Å². The maximum absolute atomic E-state index is 5.64. The zero-order valence-electron chi connectivity index (χ0n) is 10.1. The Hall–Kier alpha value is -0.120. The summed E-state index contributed by atoms with van der Waals surface area (Å²) >= 11 is 0. The zero-order valence-corrected chi connectivity index (χ0v) is 10.1. The number of rotatable bonds is 7. The lowest BCUT2D eigenvalue weighted by molar-refractivity contribution is -0.162. The predicted octanol–water partition coefficient (Wildman–Crippen LogP) is 2.31. The van der Waals surface area contributed by atoms with E-state index in [4.69, 9.17) is 9.47 Å². The minimum absolute atomic E-state index is 0.0804. The van der Waals surface area contributed by atoms with Crippen molar-refractivity contribution in [3.63, 3.8) is 0 Å². The Kier molecular flexibility index (Phi) is 6.98. The molecule has 0 aromatic carbocycles. The third-order valence-electron chi connectivity index (χ3n) is 2.57. The molecule has 1 atom stereocenters. The van der Waals surface area contributed by atoms with E-state index in [0.29, 0.717) is 6.04 Å². The molecular formula is C12H25NO2. The number of hydrogen-bond acceptors (Lipinski definition) is 3. The number of ether oxygens (including phenoxy) is 2. The molecule has 1 aliphatic heterocycles. The van der Waals surface area contributed by atoms with Crippen molar-refractivity contribution in [3.8, 4) is 0 Å². The molecule has 1 saturated heterocycles. The summed E-state index contributed by atoms with van der Waals surface area (Å²) in [4.78, 5) is 0. The summed E-state index contributed by atoms with van der Waals surface area (Å²) in [5.41, 5.74) is 0. The third-order valence-corrected chi connectivity index (χ3v) is 2.57. The maximum atomic E-state index is 5.64. The summed E-state index contributed by atoms with van der Waals surface area (Å²) in [6.45, 7) is 7.15. The topological polar surface area (TPSA) is 30.5 Å². The molecule has 0 amide bonds. The van der Waals surface area contributed by atoms with E-state index in [1.165, 1.54) is 19.3 Å². The van der Waals surface area contributed by atoms with Crippen LogP contribution >= 0.6 is 0 Å². The summed E-state index contributed by atoms with van der Waals surface area (Å²) in [7, 11) is 0. The highest BCUT2D eigenvalue weighted by atomic mass is 16.7. The Bertz CT molecular complexity index is 145. The van der Waals surface area contributed by atoms with E-state index >= 15 is 0 Å². The van der Waals surface area contributed by atoms with Crippen LogP contribution in [0.4, 0.5) is 0 Å². The fraction of sp³-hybridized carbons (Fsp3) is 1.00. The SMILES string of the molecule is CC(C)NCCCCOC1CCCCO1. The molecule has 90 valence electrons. The van der Waals surface area contributed by atoms with Gasteiger partial charge in [-0.05, 0) is 38.6 Å². The lowest BCUT2D eigenvalue weighted by atomic mass is 10.2. The van der Waals surface area contributed by atoms with Crippen molar-refractivity contribution in [1.82, 2.24) is 5.32 Å². The van der Waals surface area contributed by atoms with Gasteiger partial charge in [-0.2, -0.15) is 0 Å². The minimum atomic E-state index is 0.0804. The Balaban J connectivity index is 1.83. The largest absolute Gasteiger partial charge is 0.353 e. The first-order chi connectivity index (χ1) is 7.29. The highest BCUT2D eigenvalue weighted by Crippen LogP contribution is 2.13. The minimum Gasteiger partial charge on any atom is -0.353 e. The molecule has 1 fully saturated rings. The van der Waals surface area contributed by atoms with Crippen molar-refractivity contribution in [2.45, 2.75) is 58.3 Å². The summed E-state index contributed by atoms with van der Waals surface area (Å²) in [6, 6.07) is 0.590.